The van der Waals surface area contributed by atoms with E-state index in [2.05, 4.69) is 4.99 Å². The summed E-state index contributed by atoms with van der Waals surface area (Å²) in [6, 6.07) is 11.5. The van der Waals surface area contributed by atoms with E-state index in [1.807, 2.05) is 0 Å². The van der Waals surface area contributed by atoms with Crippen LogP contribution in [0.1, 0.15) is 31.0 Å². The van der Waals surface area contributed by atoms with E-state index in [1.165, 1.54) is 42.1 Å². The largest absolute Gasteiger partial charge is 0.466 e. The zero-order valence-corrected chi connectivity index (χ0v) is 18.8. The van der Waals surface area contributed by atoms with Crippen LogP contribution >= 0.6 is 11.3 Å². The standard InChI is InChI=1S/C24H19FN2O5S/c1-13-20(23(30)31-3)21(16-6-10-18(11-7-16)32-14(2)28)27-22(29)19(33-24(27)26-13)12-15-4-8-17(25)9-5-15/h4-12,21H,1-3H3/b19-12+/t21-/m0/s1. The molecular weight excluding hydrogens is 447 g/mol. The van der Waals surface area contributed by atoms with E-state index in [1.54, 1.807) is 49.4 Å². The molecule has 0 amide bonds. The van der Waals surface area contributed by atoms with Crippen molar-refractivity contribution in [3.63, 3.8) is 0 Å². The predicted octanol–water partition coefficient (Wildman–Crippen LogP) is 2.47. The molecule has 168 valence electrons. The van der Waals surface area contributed by atoms with Crippen LogP contribution in [-0.2, 0) is 14.3 Å². The first-order chi connectivity index (χ1) is 15.8. The Labute approximate surface area is 191 Å². The summed E-state index contributed by atoms with van der Waals surface area (Å²) in [5.41, 5.74) is 1.61. The molecular formula is C24H19FN2O5S. The Hall–Kier alpha value is -3.85. The molecule has 2 aromatic carbocycles. The van der Waals surface area contributed by atoms with Crippen molar-refractivity contribution in [2.24, 2.45) is 4.99 Å². The van der Waals surface area contributed by atoms with Crippen LogP contribution in [0.3, 0.4) is 0 Å². The van der Waals surface area contributed by atoms with Crippen LogP contribution in [-0.4, -0.2) is 23.6 Å². The minimum absolute atomic E-state index is 0.235. The van der Waals surface area contributed by atoms with Crippen LogP contribution in [0, 0.1) is 5.82 Å². The number of ether oxygens (including phenoxy) is 2. The Morgan fingerprint density at radius 2 is 1.79 bits per heavy atom. The summed E-state index contributed by atoms with van der Waals surface area (Å²) < 4.78 is 25.1. The Balaban J connectivity index is 1.90. The Morgan fingerprint density at radius 3 is 2.39 bits per heavy atom. The van der Waals surface area contributed by atoms with Crippen LogP contribution in [0.15, 0.2) is 69.6 Å². The summed E-state index contributed by atoms with van der Waals surface area (Å²) in [5.74, 6) is -1.08. The topological polar surface area (TPSA) is 87.0 Å². The van der Waals surface area contributed by atoms with Crippen LogP contribution in [0.4, 0.5) is 4.39 Å². The van der Waals surface area contributed by atoms with Gasteiger partial charge in [0.25, 0.3) is 5.56 Å². The van der Waals surface area contributed by atoms with Gasteiger partial charge in [0.2, 0.25) is 0 Å². The number of aromatic nitrogens is 1. The lowest BCUT2D eigenvalue weighted by Gasteiger charge is -2.24. The van der Waals surface area contributed by atoms with Crippen molar-refractivity contribution in [1.29, 1.82) is 0 Å². The number of esters is 2. The van der Waals surface area contributed by atoms with Gasteiger partial charge in [0, 0.05) is 6.92 Å². The average molecular weight is 466 g/mol. The summed E-state index contributed by atoms with van der Waals surface area (Å²) >= 11 is 1.17. The van der Waals surface area contributed by atoms with Crippen molar-refractivity contribution in [1.82, 2.24) is 4.57 Å². The van der Waals surface area contributed by atoms with E-state index in [9.17, 15) is 18.8 Å². The highest BCUT2D eigenvalue weighted by Crippen LogP contribution is 2.31. The van der Waals surface area contributed by atoms with Crippen LogP contribution < -0.4 is 19.6 Å². The first-order valence-corrected chi connectivity index (χ1v) is 10.7. The fourth-order valence-electron chi connectivity index (χ4n) is 3.60. The highest BCUT2D eigenvalue weighted by Gasteiger charge is 2.33. The van der Waals surface area contributed by atoms with E-state index < -0.39 is 18.0 Å². The quantitative estimate of drug-likeness (QED) is 0.436. The number of fused-ring (bicyclic) bond motifs is 1. The SMILES string of the molecule is COC(=O)C1=C(C)N=c2s/c(=C/c3ccc(F)cc3)c(=O)n2[C@H]1c1ccc(OC(C)=O)cc1. The third-order valence-corrected chi connectivity index (χ3v) is 6.04. The first kappa shape index (κ1) is 22.3. The van der Waals surface area contributed by atoms with Gasteiger partial charge in [-0.1, -0.05) is 35.6 Å². The van der Waals surface area contributed by atoms with Gasteiger partial charge in [-0.3, -0.25) is 14.2 Å². The van der Waals surface area contributed by atoms with Gasteiger partial charge in [-0.2, -0.15) is 0 Å². The average Bonchev–Trinajstić information content (AvgIpc) is 3.08. The molecule has 7 nitrogen and oxygen atoms in total. The molecule has 9 heteroatoms. The minimum atomic E-state index is -0.782. The summed E-state index contributed by atoms with van der Waals surface area (Å²) in [6.45, 7) is 2.98. The highest BCUT2D eigenvalue weighted by molar-refractivity contribution is 7.07. The molecule has 4 rings (SSSR count). The van der Waals surface area contributed by atoms with Crippen LogP contribution in [0.5, 0.6) is 5.75 Å². The number of nitrogens with zero attached hydrogens (tertiary/aromatic N) is 2. The molecule has 1 aromatic heterocycles. The molecule has 33 heavy (non-hydrogen) atoms. The van der Waals surface area contributed by atoms with Gasteiger partial charge in [-0.15, -0.1) is 0 Å². The van der Waals surface area contributed by atoms with Crippen molar-refractivity contribution in [2.75, 3.05) is 7.11 Å². The number of rotatable bonds is 4. The number of halogens is 1. The lowest BCUT2D eigenvalue weighted by Crippen LogP contribution is -2.39. The third-order valence-electron chi connectivity index (χ3n) is 5.05. The Kier molecular flexibility index (Phi) is 6.06. The first-order valence-electron chi connectivity index (χ1n) is 9.93. The fourth-order valence-corrected chi connectivity index (χ4v) is 4.65. The molecule has 1 aliphatic heterocycles. The normalized spacial score (nSPS) is 15.6. The molecule has 0 unspecified atom stereocenters. The number of benzene rings is 2. The van der Waals surface area contributed by atoms with Crippen LogP contribution in [0.25, 0.3) is 6.08 Å². The van der Waals surface area contributed by atoms with Gasteiger partial charge in [0.05, 0.1) is 29.0 Å². The molecule has 3 aromatic rings. The Bertz CT molecular complexity index is 1450. The summed E-state index contributed by atoms with van der Waals surface area (Å²) in [5, 5.41) is 0. The maximum Gasteiger partial charge on any atom is 0.338 e. The maximum absolute atomic E-state index is 13.4. The van der Waals surface area contributed by atoms with Crippen molar-refractivity contribution in [3.05, 3.63) is 96.4 Å². The van der Waals surface area contributed by atoms with Crippen molar-refractivity contribution < 1.29 is 23.5 Å². The van der Waals surface area contributed by atoms with Crippen LogP contribution in [0.2, 0.25) is 0 Å². The number of allylic oxidation sites excluding steroid dienone is 1. The summed E-state index contributed by atoms with van der Waals surface area (Å²) in [4.78, 5) is 42.2. The van der Waals surface area contributed by atoms with Gasteiger partial charge in [0.15, 0.2) is 4.80 Å². The number of methoxy groups -OCH3 is 1. The molecule has 0 saturated carbocycles. The molecule has 0 bridgehead atoms. The summed E-state index contributed by atoms with van der Waals surface area (Å²) in [6.07, 6.45) is 1.65. The zero-order valence-electron chi connectivity index (χ0n) is 18.0. The van der Waals surface area contributed by atoms with E-state index in [-0.39, 0.29) is 16.9 Å². The second-order valence-electron chi connectivity index (χ2n) is 7.29. The van der Waals surface area contributed by atoms with E-state index in [0.717, 1.165) is 0 Å². The Morgan fingerprint density at radius 1 is 1.12 bits per heavy atom. The van der Waals surface area contributed by atoms with Gasteiger partial charge >= 0.3 is 11.9 Å². The van der Waals surface area contributed by atoms with Crippen molar-refractivity contribution >= 4 is 29.4 Å². The maximum atomic E-state index is 13.4. The number of thiazole rings is 1. The molecule has 1 aliphatic rings. The smallest absolute Gasteiger partial charge is 0.338 e. The molecule has 0 radical (unpaired) electrons. The second-order valence-corrected chi connectivity index (χ2v) is 8.30. The molecule has 2 heterocycles. The molecule has 0 fully saturated rings. The van der Waals surface area contributed by atoms with Gasteiger partial charge < -0.3 is 9.47 Å². The van der Waals surface area contributed by atoms with Crippen molar-refractivity contribution in [2.45, 2.75) is 19.9 Å². The van der Waals surface area contributed by atoms with E-state index in [0.29, 0.717) is 31.9 Å². The van der Waals surface area contributed by atoms with E-state index in [4.69, 9.17) is 9.47 Å². The number of carbonyl (C=O) groups excluding carboxylic acids is 2. The van der Waals surface area contributed by atoms with Gasteiger partial charge in [-0.25, -0.2) is 14.2 Å². The van der Waals surface area contributed by atoms with Crippen molar-refractivity contribution in [3.8, 4) is 5.75 Å². The number of hydrogen-bond acceptors (Lipinski definition) is 7. The molecule has 0 aliphatic carbocycles. The molecule has 0 N–H and O–H groups in total. The molecule has 0 spiro atoms. The monoisotopic (exact) mass is 466 g/mol. The van der Waals surface area contributed by atoms with Gasteiger partial charge in [0.1, 0.15) is 11.6 Å². The predicted molar refractivity (Wildman–Crippen MR) is 120 cm³/mol. The van der Waals surface area contributed by atoms with Gasteiger partial charge in [-0.05, 0) is 48.4 Å². The number of hydrogen-bond donors (Lipinski definition) is 0. The number of carbonyl (C=O) groups is 2. The summed E-state index contributed by atoms with van der Waals surface area (Å²) in [7, 11) is 1.27. The lowest BCUT2D eigenvalue weighted by molar-refractivity contribution is -0.136. The molecule has 0 saturated heterocycles. The third kappa shape index (κ3) is 4.40. The lowest BCUT2D eigenvalue weighted by atomic mass is 9.96. The zero-order chi connectivity index (χ0) is 23.7. The van der Waals surface area contributed by atoms with E-state index >= 15 is 0 Å². The fraction of sp³-hybridized carbons (Fsp3) is 0.167. The highest BCUT2D eigenvalue weighted by atomic mass is 32.1. The molecule has 1 atom stereocenters. The second kappa shape index (κ2) is 8.95. The minimum Gasteiger partial charge on any atom is -0.466 e.